The van der Waals surface area contributed by atoms with Crippen molar-refractivity contribution >= 4 is 11.8 Å². The van der Waals surface area contributed by atoms with Crippen molar-refractivity contribution in [3.05, 3.63) is 24.0 Å². The van der Waals surface area contributed by atoms with Crippen molar-refractivity contribution in [1.82, 2.24) is 15.6 Å². The summed E-state index contributed by atoms with van der Waals surface area (Å²) in [7, 11) is 0. The third kappa shape index (κ3) is 5.03. The van der Waals surface area contributed by atoms with Crippen LogP contribution in [-0.2, 0) is 16.1 Å². The molecule has 100 valence electrons. The molecule has 0 radical (unpaired) electrons. The number of hydrogen-bond donors (Lipinski definition) is 3. The first-order valence-electron chi connectivity index (χ1n) is 6.06. The minimum atomic E-state index is -0.415. The standard InChI is InChI=1S/C13H21N3O2/c1-13(2,3)12(18)15-7-5-11(17)16-9-10-4-6-14-8-10/h4,6,8,14H,5,7,9H2,1-3H3,(H,15,18)(H,16,17). The third-order valence-electron chi connectivity index (χ3n) is 2.47. The second-order valence-corrected chi connectivity index (χ2v) is 5.25. The van der Waals surface area contributed by atoms with E-state index in [1.807, 2.05) is 39.2 Å². The fraction of sp³-hybridized carbons (Fsp3) is 0.538. The fourth-order valence-corrected chi connectivity index (χ4v) is 1.31. The maximum absolute atomic E-state index is 11.5. The van der Waals surface area contributed by atoms with E-state index in [2.05, 4.69) is 15.6 Å². The number of H-pyrrole nitrogens is 1. The Labute approximate surface area is 107 Å². The van der Waals surface area contributed by atoms with Crippen LogP contribution in [0.25, 0.3) is 0 Å². The van der Waals surface area contributed by atoms with Crippen molar-refractivity contribution < 1.29 is 9.59 Å². The SMILES string of the molecule is CC(C)(C)C(=O)NCCC(=O)NCc1cc[nH]c1. The third-order valence-corrected chi connectivity index (χ3v) is 2.47. The van der Waals surface area contributed by atoms with Crippen molar-refractivity contribution in [2.75, 3.05) is 6.54 Å². The average Bonchev–Trinajstić information content (AvgIpc) is 2.77. The van der Waals surface area contributed by atoms with Crippen molar-refractivity contribution in [2.24, 2.45) is 5.41 Å². The van der Waals surface area contributed by atoms with Crippen LogP contribution in [0, 0.1) is 5.41 Å². The molecule has 0 unspecified atom stereocenters. The highest BCUT2D eigenvalue weighted by Crippen LogP contribution is 2.11. The molecule has 0 aliphatic rings. The molecule has 2 amide bonds. The van der Waals surface area contributed by atoms with Gasteiger partial charge in [0.2, 0.25) is 11.8 Å². The number of aromatic nitrogens is 1. The summed E-state index contributed by atoms with van der Waals surface area (Å²) in [5.74, 6) is -0.105. The van der Waals surface area contributed by atoms with Crippen LogP contribution in [0.2, 0.25) is 0 Å². The summed E-state index contributed by atoms with van der Waals surface area (Å²) in [6, 6.07) is 1.90. The van der Waals surface area contributed by atoms with Gasteiger partial charge in [-0.25, -0.2) is 0 Å². The first-order chi connectivity index (χ1) is 8.39. The van der Waals surface area contributed by atoms with Gasteiger partial charge in [0, 0.05) is 37.3 Å². The highest BCUT2D eigenvalue weighted by Gasteiger charge is 2.20. The molecule has 3 N–H and O–H groups in total. The molecule has 0 aliphatic carbocycles. The lowest BCUT2D eigenvalue weighted by atomic mass is 9.96. The molecule has 1 aromatic heterocycles. The molecule has 0 fully saturated rings. The van der Waals surface area contributed by atoms with Crippen molar-refractivity contribution in [1.29, 1.82) is 0 Å². The predicted octanol–water partition coefficient (Wildman–Crippen LogP) is 1.18. The lowest BCUT2D eigenvalue weighted by Gasteiger charge is -2.17. The van der Waals surface area contributed by atoms with Crippen LogP contribution in [0.1, 0.15) is 32.8 Å². The largest absolute Gasteiger partial charge is 0.367 e. The molecular formula is C13H21N3O2. The molecule has 1 aromatic rings. The Morgan fingerprint density at radius 2 is 2.00 bits per heavy atom. The lowest BCUT2D eigenvalue weighted by Crippen LogP contribution is -2.37. The zero-order valence-corrected chi connectivity index (χ0v) is 11.2. The Kier molecular flexibility index (Phi) is 4.95. The van der Waals surface area contributed by atoms with E-state index in [0.717, 1.165) is 5.56 Å². The quantitative estimate of drug-likeness (QED) is 0.735. The summed E-state index contributed by atoms with van der Waals surface area (Å²) in [6.45, 7) is 6.40. The van der Waals surface area contributed by atoms with Gasteiger partial charge in [-0.2, -0.15) is 0 Å². The molecular weight excluding hydrogens is 230 g/mol. The van der Waals surface area contributed by atoms with Gasteiger partial charge in [0.05, 0.1) is 0 Å². The smallest absolute Gasteiger partial charge is 0.225 e. The first-order valence-corrected chi connectivity index (χ1v) is 6.06. The molecule has 5 heteroatoms. The number of hydrogen-bond acceptors (Lipinski definition) is 2. The Morgan fingerprint density at radius 3 is 2.56 bits per heavy atom. The maximum atomic E-state index is 11.5. The van der Waals surface area contributed by atoms with Gasteiger partial charge in [-0.15, -0.1) is 0 Å². The highest BCUT2D eigenvalue weighted by atomic mass is 16.2. The van der Waals surface area contributed by atoms with E-state index >= 15 is 0 Å². The molecule has 1 heterocycles. The number of carbonyl (C=O) groups excluding carboxylic acids is 2. The van der Waals surface area contributed by atoms with Crippen molar-refractivity contribution in [3.8, 4) is 0 Å². The van der Waals surface area contributed by atoms with Crippen molar-refractivity contribution in [3.63, 3.8) is 0 Å². The van der Waals surface area contributed by atoms with Gasteiger partial charge in [-0.3, -0.25) is 9.59 Å². The molecule has 0 spiro atoms. The molecule has 0 atom stereocenters. The van der Waals surface area contributed by atoms with Gasteiger partial charge in [0.25, 0.3) is 0 Å². The Hall–Kier alpha value is -1.78. The molecule has 0 saturated heterocycles. The molecule has 0 saturated carbocycles. The molecule has 5 nitrogen and oxygen atoms in total. The molecule has 0 aromatic carbocycles. The predicted molar refractivity (Wildman–Crippen MR) is 69.7 cm³/mol. The van der Waals surface area contributed by atoms with Gasteiger partial charge >= 0.3 is 0 Å². The highest BCUT2D eigenvalue weighted by molar-refractivity contribution is 5.82. The Balaban J connectivity index is 2.16. The molecule has 0 aliphatic heterocycles. The minimum Gasteiger partial charge on any atom is -0.367 e. The molecule has 1 rings (SSSR count). The number of amides is 2. The van der Waals surface area contributed by atoms with Crippen LogP contribution >= 0.6 is 0 Å². The van der Waals surface area contributed by atoms with Crippen LogP contribution in [0.4, 0.5) is 0 Å². The van der Waals surface area contributed by atoms with E-state index in [1.165, 1.54) is 0 Å². The second kappa shape index (κ2) is 6.23. The van der Waals surface area contributed by atoms with Crippen LogP contribution in [0.15, 0.2) is 18.5 Å². The van der Waals surface area contributed by atoms with Crippen LogP contribution in [0.5, 0.6) is 0 Å². The van der Waals surface area contributed by atoms with Gasteiger partial charge in [-0.1, -0.05) is 20.8 Å². The Bertz CT molecular complexity index is 391. The minimum absolute atomic E-state index is 0.0408. The van der Waals surface area contributed by atoms with Gasteiger partial charge < -0.3 is 15.6 Å². The van der Waals surface area contributed by atoms with Crippen LogP contribution in [-0.4, -0.2) is 23.3 Å². The average molecular weight is 251 g/mol. The Morgan fingerprint density at radius 1 is 1.28 bits per heavy atom. The summed E-state index contributed by atoms with van der Waals surface area (Å²) in [5, 5.41) is 5.53. The summed E-state index contributed by atoms with van der Waals surface area (Å²) < 4.78 is 0. The van der Waals surface area contributed by atoms with E-state index in [0.29, 0.717) is 19.5 Å². The number of aromatic amines is 1. The topological polar surface area (TPSA) is 74.0 Å². The summed E-state index contributed by atoms with van der Waals surface area (Å²) >= 11 is 0. The maximum Gasteiger partial charge on any atom is 0.225 e. The molecule has 18 heavy (non-hydrogen) atoms. The second-order valence-electron chi connectivity index (χ2n) is 5.25. The van der Waals surface area contributed by atoms with E-state index in [1.54, 1.807) is 0 Å². The lowest BCUT2D eigenvalue weighted by molar-refractivity contribution is -0.128. The number of rotatable bonds is 5. The van der Waals surface area contributed by atoms with E-state index in [4.69, 9.17) is 0 Å². The van der Waals surface area contributed by atoms with Crippen LogP contribution in [0.3, 0.4) is 0 Å². The summed E-state index contributed by atoms with van der Waals surface area (Å²) in [5.41, 5.74) is 0.615. The first kappa shape index (κ1) is 14.3. The zero-order valence-electron chi connectivity index (χ0n) is 11.2. The van der Waals surface area contributed by atoms with E-state index < -0.39 is 5.41 Å². The van der Waals surface area contributed by atoms with E-state index in [-0.39, 0.29) is 11.8 Å². The monoisotopic (exact) mass is 251 g/mol. The molecule has 0 bridgehead atoms. The summed E-state index contributed by atoms with van der Waals surface area (Å²) in [6.07, 6.45) is 3.94. The summed E-state index contributed by atoms with van der Waals surface area (Å²) in [4.78, 5) is 26.0. The fourth-order valence-electron chi connectivity index (χ4n) is 1.31. The van der Waals surface area contributed by atoms with Gasteiger partial charge in [0.15, 0.2) is 0 Å². The van der Waals surface area contributed by atoms with Crippen LogP contribution < -0.4 is 10.6 Å². The van der Waals surface area contributed by atoms with Gasteiger partial charge in [0.1, 0.15) is 0 Å². The van der Waals surface area contributed by atoms with Gasteiger partial charge in [-0.05, 0) is 11.6 Å². The zero-order chi connectivity index (χ0) is 13.6. The van der Waals surface area contributed by atoms with E-state index in [9.17, 15) is 9.59 Å². The number of carbonyl (C=O) groups is 2. The normalized spacial score (nSPS) is 11.1. The van der Waals surface area contributed by atoms with Crippen molar-refractivity contribution in [2.45, 2.75) is 33.7 Å². The number of nitrogens with one attached hydrogen (secondary N) is 3.